The Balaban J connectivity index is 2.07. The SMILES string of the molecule is Nc1nc(N2CC(=O)Nc3ccccc32)ccc1[N+](=O)[O-]. The van der Waals surface area contributed by atoms with Gasteiger partial charge in [-0.05, 0) is 18.2 Å². The molecular formula is C13H11N5O3. The largest absolute Gasteiger partial charge is 0.378 e. The maximum absolute atomic E-state index is 11.7. The van der Waals surface area contributed by atoms with Crippen molar-refractivity contribution < 1.29 is 9.72 Å². The highest BCUT2D eigenvalue weighted by molar-refractivity contribution is 6.02. The van der Waals surface area contributed by atoms with Gasteiger partial charge in [-0.2, -0.15) is 0 Å². The van der Waals surface area contributed by atoms with Gasteiger partial charge in [-0.25, -0.2) is 4.98 Å². The van der Waals surface area contributed by atoms with Gasteiger partial charge in [0, 0.05) is 6.07 Å². The summed E-state index contributed by atoms with van der Waals surface area (Å²) in [5.41, 5.74) is 6.77. The highest BCUT2D eigenvalue weighted by Crippen LogP contribution is 2.35. The molecule has 2 aromatic rings. The number of pyridine rings is 1. The molecule has 0 radical (unpaired) electrons. The average molecular weight is 285 g/mol. The van der Waals surface area contributed by atoms with E-state index in [9.17, 15) is 14.9 Å². The second-order valence-electron chi connectivity index (χ2n) is 4.48. The van der Waals surface area contributed by atoms with Crippen LogP contribution in [0.25, 0.3) is 0 Å². The van der Waals surface area contributed by atoms with E-state index in [1.807, 2.05) is 12.1 Å². The molecule has 0 saturated heterocycles. The Morgan fingerprint density at radius 3 is 2.76 bits per heavy atom. The monoisotopic (exact) mass is 285 g/mol. The van der Waals surface area contributed by atoms with Crippen molar-refractivity contribution in [3.8, 4) is 0 Å². The number of carbonyl (C=O) groups excluding carboxylic acids is 1. The summed E-state index contributed by atoms with van der Waals surface area (Å²) in [6.45, 7) is 0.0707. The Morgan fingerprint density at radius 2 is 2.05 bits per heavy atom. The van der Waals surface area contributed by atoms with E-state index in [4.69, 9.17) is 5.73 Å². The van der Waals surface area contributed by atoms with E-state index in [1.54, 1.807) is 17.0 Å². The van der Waals surface area contributed by atoms with Crippen LogP contribution >= 0.6 is 0 Å². The van der Waals surface area contributed by atoms with Gasteiger partial charge in [0.2, 0.25) is 11.7 Å². The fourth-order valence-electron chi connectivity index (χ4n) is 2.20. The van der Waals surface area contributed by atoms with Crippen LogP contribution in [0.2, 0.25) is 0 Å². The zero-order valence-corrected chi connectivity index (χ0v) is 10.8. The minimum absolute atomic E-state index is 0.0707. The van der Waals surface area contributed by atoms with E-state index in [0.29, 0.717) is 11.5 Å². The minimum atomic E-state index is -0.594. The summed E-state index contributed by atoms with van der Waals surface area (Å²) in [6, 6.07) is 10.00. The van der Waals surface area contributed by atoms with Crippen LogP contribution in [-0.2, 0) is 4.79 Å². The summed E-state index contributed by atoms with van der Waals surface area (Å²) in [6.07, 6.45) is 0. The first-order valence-electron chi connectivity index (χ1n) is 6.13. The van der Waals surface area contributed by atoms with Crippen molar-refractivity contribution in [2.45, 2.75) is 0 Å². The van der Waals surface area contributed by atoms with E-state index >= 15 is 0 Å². The molecule has 1 aliphatic rings. The lowest BCUT2D eigenvalue weighted by atomic mass is 10.2. The van der Waals surface area contributed by atoms with Gasteiger partial charge in [0.25, 0.3) is 0 Å². The van der Waals surface area contributed by atoms with Crippen LogP contribution in [-0.4, -0.2) is 22.4 Å². The molecule has 1 aromatic heterocycles. The topological polar surface area (TPSA) is 114 Å². The fourth-order valence-corrected chi connectivity index (χ4v) is 2.20. The molecule has 0 atom stereocenters. The number of rotatable bonds is 2. The molecule has 8 nitrogen and oxygen atoms in total. The second-order valence-corrected chi connectivity index (χ2v) is 4.48. The molecule has 0 spiro atoms. The first kappa shape index (κ1) is 12.9. The van der Waals surface area contributed by atoms with Gasteiger partial charge in [0.05, 0.1) is 16.3 Å². The summed E-state index contributed by atoms with van der Waals surface area (Å²) in [4.78, 5) is 27.6. The molecular weight excluding hydrogens is 274 g/mol. The number of hydrogen-bond acceptors (Lipinski definition) is 6. The van der Waals surface area contributed by atoms with Crippen molar-refractivity contribution in [1.82, 2.24) is 4.98 Å². The second kappa shape index (κ2) is 4.75. The van der Waals surface area contributed by atoms with Gasteiger partial charge in [0.15, 0.2) is 0 Å². The molecule has 3 rings (SSSR count). The summed E-state index contributed by atoms with van der Waals surface area (Å²) < 4.78 is 0. The third kappa shape index (κ3) is 2.22. The number of para-hydroxylation sites is 2. The van der Waals surface area contributed by atoms with Gasteiger partial charge < -0.3 is 16.0 Å². The first-order chi connectivity index (χ1) is 10.1. The van der Waals surface area contributed by atoms with Crippen LogP contribution in [0.15, 0.2) is 36.4 Å². The van der Waals surface area contributed by atoms with Crippen LogP contribution in [0, 0.1) is 10.1 Å². The lowest BCUT2D eigenvalue weighted by Crippen LogP contribution is -2.35. The van der Waals surface area contributed by atoms with Crippen LogP contribution in [0.4, 0.5) is 28.7 Å². The Kier molecular flexibility index (Phi) is 2.90. The number of aromatic nitrogens is 1. The van der Waals surface area contributed by atoms with Crippen molar-refractivity contribution >= 4 is 34.6 Å². The number of nitrogens with zero attached hydrogens (tertiary/aromatic N) is 3. The van der Waals surface area contributed by atoms with Gasteiger partial charge in [0.1, 0.15) is 12.4 Å². The van der Waals surface area contributed by atoms with E-state index in [1.165, 1.54) is 12.1 Å². The Bertz CT molecular complexity index is 746. The fraction of sp³-hybridized carbons (Fsp3) is 0.0769. The standard InChI is InChI=1S/C13H11N5O3/c14-13-10(18(20)21)5-6-11(16-13)17-7-12(19)15-8-3-1-2-4-9(8)17/h1-6H,7H2,(H2,14,16)(H,15,19). The normalized spacial score (nSPS) is 13.5. The minimum Gasteiger partial charge on any atom is -0.378 e. The predicted molar refractivity (Wildman–Crippen MR) is 77.4 cm³/mol. The molecule has 0 fully saturated rings. The smallest absolute Gasteiger partial charge is 0.311 e. The number of carbonyl (C=O) groups is 1. The Hall–Kier alpha value is -3.16. The quantitative estimate of drug-likeness (QED) is 0.640. The summed E-state index contributed by atoms with van der Waals surface area (Å²) in [5, 5.41) is 13.5. The van der Waals surface area contributed by atoms with Crippen molar-refractivity contribution in [3.05, 3.63) is 46.5 Å². The molecule has 1 aliphatic heterocycles. The van der Waals surface area contributed by atoms with E-state index in [-0.39, 0.29) is 24.0 Å². The number of anilines is 4. The van der Waals surface area contributed by atoms with E-state index in [0.717, 1.165) is 5.69 Å². The first-order valence-corrected chi connectivity index (χ1v) is 6.13. The highest BCUT2D eigenvalue weighted by atomic mass is 16.6. The summed E-state index contributed by atoms with van der Waals surface area (Å²) >= 11 is 0. The third-order valence-corrected chi connectivity index (χ3v) is 3.13. The number of hydrogen-bond donors (Lipinski definition) is 2. The number of benzene rings is 1. The molecule has 2 heterocycles. The summed E-state index contributed by atoms with van der Waals surface area (Å²) in [7, 11) is 0. The van der Waals surface area contributed by atoms with Gasteiger partial charge >= 0.3 is 5.69 Å². The average Bonchev–Trinajstić information content (AvgIpc) is 2.45. The van der Waals surface area contributed by atoms with Crippen molar-refractivity contribution in [2.75, 3.05) is 22.5 Å². The van der Waals surface area contributed by atoms with Crippen LogP contribution < -0.4 is 16.0 Å². The van der Waals surface area contributed by atoms with Crippen LogP contribution in [0.1, 0.15) is 0 Å². The number of fused-ring (bicyclic) bond motifs is 1. The van der Waals surface area contributed by atoms with Gasteiger partial charge in [-0.1, -0.05) is 12.1 Å². The van der Waals surface area contributed by atoms with E-state index in [2.05, 4.69) is 10.3 Å². The molecule has 1 aromatic carbocycles. The Morgan fingerprint density at radius 1 is 1.29 bits per heavy atom. The number of nitrogens with two attached hydrogens (primary N) is 1. The van der Waals surface area contributed by atoms with Crippen molar-refractivity contribution in [1.29, 1.82) is 0 Å². The van der Waals surface area contributed by atoms with Crippen molar-refractivity contribution in [3.63, 3.8) is 0 Å². The Labute approximate surface area is 119 Å². The number of nitro groups is 1. The third-order valence-electron chi connectivity index (χ3n) is 3.13. The van der Waals surface area contributed by atoms with Crippen LogP contribution in [0.3, 0.4) is 0 Å². The molecule has 8 heteroatoms. The van der Waals surface area contributed by atoms with Gasteiger partial charge in [-0.15, -0.1) is 0 Å². The maximum atomic E-state index is 11.7. The molecule has 0 saturated carbocycles. The predicted octanol–water partition coefficient (Wildman–Crippen LogP) is 1.66. The molecule has 21 heavy (non-hydrogen) atoms. The molecule has 0 aliphatic carbocycles. The van der Waals surface area contributed by atoms with Gasteiger partial charge in [-0.3, -0.25) is 14.9 Å². The molecule has 0 bridgehead atoms. The number of amides is 1. The maximum Gasteiger partial charge on any atom is 0.311 e. The molecule has 0 unspecified atom stereocenters. The molecule has 106 valence electrons. The lowest BCUT2D eigenvalue weighted by Gasteiger charge is -2.29. The lowest BCUT2D eigenvalue weighted by molar-refractivity contribution is -0.384. The van der Waals surface area contributed by atoms with Crippen molar-refractivity contribution in [2.24, 2.45) is 0 Å². The zero-order chi connectivity index (χ0) is 15.0. The zero-order valence-electron chi connectivity index (χ0n) is 10.8. The van der Waals surface area contributed by atoms with Crippen LogP contribution in [0.5, 0.6) is 0 Å². The summed E-state index contributed by atoms with van der Waals surface area (Å²) in [5.74, 6) is 0.0220. The number of nitrogen functional groups attached to an aromatic ring is 1. The highest BCUT2D eigenvalue weighted by Gasteiger charge is 2.25. The van der Waals surface area contributed by atoms with E-state index < -0.39 is 4.92 Å². The molecule has 3 N–H and O–H groups in total. The number of nitrogens with one attached hydrogen (secondary N) is 1. The molecule has 1 amide bonds.